The van der Waals surface area contributed by atoms with Gasteiger partial charge in [-0.2, -0.15) is 13.2 Å². The van der Waals surface area contributed by atoms with Crippen molar-refractivity contribution in [2.75, 3.05) is 0 Å². The zero-order valence-corrected chi connectivity index (χ0v) is 10.2. The van der Waals surface area contributed by atoms with Gasteiger partial charge in [-0.05, 0) is 25.1 Å². The number of nitrogens with zero attached hydrogens (tertiary/aromatic N) is 3. The Morgan fingerprint density at radius 2 is 1.95 bits per heavy atom. The highest BCUT2D eigenvalue weighted by Crippen LogP contribution is 2.30. The van der Waals surface area contributed by atoms with Crippen molar-refractivity contribution < 1.29 is 18.1 Å². The van der Waals surface area contributed by atoms with Crippen molar-refractivity contribution in [2.45, 2.75) is 13.1 Å². The van der Waals surface area contributed by atoms with E-state index in [4.69, 9.17) is 0 Å². The fraction of sp³-hybridized carbons (Fsp3) is 0.167. The van der Waals surface area contributed by atoms with Crippen LogP contribution in [-0.4, -0.2) is 14.9 Å². The van der Waals surface area contributed by atoms with E-state index in [9.17, 15) is 23.3 Å². The lowest BCUT2D eigenvalue weighted by atomic mass is 10.1. The van der Waals surface area contributed by atoms with Crippen molar-refractivity contribution in [3.63, 3.8) is 0 Å². The second kappa shape index (κ2) is 4.87. The van der Waals surface area contributed by atoms with Crippen molar-refractivity contribution in [3.05, 3.63) is 52.0 Å². The van der Waals surface area contributed by atoms with Crippen molar-refractivity contribution in [1.82, 2.24) is 9.97 Å². The van der Waals surface area contributed by atoms with Crippen LogP contribution in [0.3, 0.4) is 0 Å². The lowest BCUT2D eigenvalue weighted by Gasteiger charge is -2.07. The van der Waals surface area contributed by atoms with Gasteiger partial charge in [0.2, 0.25) is 0 Å². The third-order valence-corrected chi connectivity index (χ3v) is 2.63. The van der Waals surface area contributed by atoms with Crippen LogP contribution < -0.4 is 0 Å². The Morgan fingerprint density at radius 1 is 1.25 bits per heavy atom. The number of hydrogen-bond acceptors (Lipinski definition) is 4. The number of nitro groups is 1. The van der Waals surface area contributed by atoms with Gasteiger partial charge in [0.15, 0.2) is 0 Å². The van der Waals surface area contributed by atoms with Crippen LogP contribution >= 0.6 is 0 Å². The number of alkyl halides is 3. The Morgan fingerprint density at radius 3 is 2.50 bits per heavy atom. The second-order valence-corrected chi connectivity index (χ2v) is 4.04. The molecular weight excluding hydrogens is 275 g/mol. The molecule has 0 bridgehead atoms. The van der Waals surface area contributed by atoms with Gasteiger partial charge in [0.25, 0.3) is 5.69 Å². The summed E-state index contributed by atoms with van der Waals surface area (Å²) in [6, 6.07) is 3.59. The molecule has 0 aliphatic carbocycles. The highest BCUT2D eigenvalue weighted by molar-refractivity contribution is 5.61. The lowest BCUT2D eigenvalue weighted by Crippen LogP contribution is -2.07. The molecule has 0 aliphatic rings. The summed E-state index contributed by atoms with van der Waals surface area (Å²) in [5.41, 5.74) is -0.469. The van der Waals surface area contributed by atoms with E-state index >= 15 is 0 Å². The van der Waals surface area contributed by atoms with Crippen LogP contribution in [0.25, 0.3) is 11.3 Å². The molecule has 0 radical (unpaired) electrons. The number of aryl methyl sites for hydroxylation is 1. The Labute approximate surface area is 111 Å². The summed E-state index contributed by atoms with van der Waals surface area (Å²) in [6.45, 7) is 1.50. The molecule has 0 fully saturated rings. The molecule has 5 nitrogen and oxygen atoms in total. The summed E-state index contributed by atoms with van der Waals surface area (Å²) in [4.78, 5) is 17.1. The first-order valence-electron chi connectivity index (χ1n) is 5.43. The summed E-state index contributed by atoms with van der Waals surface area (Å²) in [6.07, 6.45) is -2.50. The molecule has 0 amide bonds. The molecule has 0 spiro atoms. The van der Waals surface area contributed by atoms with Crippen molar-refractivity contribution in [1.29, 1.82) is 0 Å². The molecule has 20 heavy (non-hydrogen) atoms. The molecule has 0 aromatic carbocycles. The van der Waals surface area contributed by atoms with Gasteiger partial charge in [-0.25, -0.2) is 4.98 Å². The van der Waals surface area contributed by atoms with Crippen molar-refractivity contribution >= 4 is 5.69 Å². The Hall–Kier alpha value is -2.51. The second-order valence-electron chi connectivity index (χ2n) is 4.04. The van der Waals surface area contributed by atoms with E-state index < -0.39 is 16.8 Å². The van der Waals surface area contributed by atoms with E-state index in [1.54, 1.807) is 0 Å². The van der Waals surface area contributed by atoms with Crippen LogP contribution in [0.15, 0.2) is 30.6 Å². The van der Waals surface area contributed by atoms with E-state index in [0.29, 0.717) is 5.56 Å². The highest BCUT2D eigenvalue weighted by Gasteiger charge is 2.32. The smallest absolute Gasteiger partial charge is 0.258 e. The SMILES string of the molecule is Cc1cc(-c2ccnc(C(F)(F)F)c2)ncc1[N+](=O)[O-]. The number of aromatic nitrogens is 2. The minimum atomic E-state index is -4.55. The fourth-order valence-corrected chi connectivity index (χ4v) is 1.64. The van der Waals surface area contributed by atoms with Gasteiger partial charge in [0, 0.05) is 17.3 Å². The van der Waals surface area contributed by atoms with Gasteiger partial charge in [-0.1, -0.05) is 0 Å². The van der Waals surface area contributed by atoms with E-state index in [-0.39, 0.29) is 16.9 Å². The van der Waals surface area contributed by atoms with Crippen LogP contribution in [0.1, 0.15) is 11.3 Å². The normalized spacial score (nSPS) is 11.4. The van der Waals surface area contributed by atoms with Crippen LogP contribution in [-0.2, 0) is 6.18 Å². The van der Waals surface area contributed by atoms with Crippen molar-refractivity contribution in [3.8, 4) is 11.3 Å². The largest absolute Gasteiger partial charge is 0.433 e. The minimum absolute atomic E-state index is 0.182. The molecule has 0 saturated heterocycles. The third-order valence-electron chi connectivity index (χ3n) is 2.63. The summed E-state index contributed by atoms with van der Waals surface area (Å²) < 4.78 is 37.7. The first kappa shape index (κ1) is 13.9. The summed E-state index contributed by atoms with van der Waals surface area (Å²) >= 11 is 0. The Balaban J connectivity index is 2.47. The van der Waals surface area contributed by atoms with E-state index in [0.717, 1.165) is 18.5 Å². The van der Waals surface area contributed by atoms with Gasteiger partial charge in [0.05, 0.1) is 10.6 Å². The highest BCUT2D eigenvalue weighted by atomic mass is 19.4. The topological polar surface area (TPSA) is 68.9 Å². The molecule has 2 aromatic rings. The van der Waals surface area contributed by atoms with Gasteiger partial charge < -0.3 is 0 Å². The Bertz CT molecular complexity index is 671. The van der Waals surface area contributed by atoms with Crippen LogP contribution in [0.2, 0.25) is 0 Å². The van der Waals surface area contributed by atoms with Crippen molar-refractivity contribution in [2.24, 2.45) is 0 Å². The minimum Gasteiger partial charge on any atom is -0.258 e. The first-order chi connectivity index (χ1) is 9.29. The van der Waals surface area contributed by atoms with E-state index in [2.05, 4.69) is 9.97 Å². The zero-order chi connectivity index (χ0) is 14.9. The molecule has 104 valence electrons. The van der Waals surface area contributed by atoms with Gasteiger partial charge >= 0.3 is 6.18 Å². The monoisotopic (exact) mass is 283 g/mol. The molecule has 2 heterocycles. The quantitative estimate of drug-likeness (QED) is 0.625. The number of halogens is 3. The van der Waals surface area contributed by atoms with Gasteiger partial charge in [-0.15, -0.1) is 0 Å². The predicted molar refractivity (Wildman–Crippen MR) is 63.9 cm³/mol. The molecule has 0 atom stereocenters. The summed E-state index contributed by atoms with van der Waals surface area (Å²) in [5, 5.41) is 10.7. The standard InChI is InChI=1S/C12H8F3N3O2/c1-7-4-9(17-6-10(7)18(19)20)8-2-3-16-11(5-8)12(13,14)15/h2-6H,1H3. The fourth-order valence-electron chi connectivity index (χ4n) is 1.64. The third kappa shape index (κ3) is 2.73. The maximum atomic E-state index is 12.6. The van der Waals surface area contributed by atoms with Crippen LogP contribution in [0.5, 0.6) is 0 Å². The van der Waals surface area contributed by atoms with E-state index in [1.165, 1.54) is 19.1 Å². The predicted octanol–water partition coefficient (Wildman–Crippen LogP) is 3.38. The molecule has 0 aliphatic heterocycles. The van der Waals surface area contributed by atoms with Gasteiger partial charge in [0.1, 0.15) is 11.9 Å². The average Bonchev–Trinajstić information content (AvgIpc) is 2.37. The lowest BCUT2D eigenvalue weighted by molar-refractivity contribution is -0.385. The summed E-state index contributed by atoms with van der Waals surface area (Å²) in [7, 11) is 0. The molecule has 8 heteroatoms. The number of rotatable bonds is 2. The van der Waals surface area contributed by atoms with Crippen LogP contribution in [0.4, 0.5) is 18.9 Å². The molecule has 2 aromatic heterocycles. The Kier molecular flexibility index (Phi) is 3.39. The zero-order valence-electron chi connectivity index (χ0n) is 10.2. The maximum absolute atomic E-state index is 12.6. The number of hydrogen-bond donors (Lipinski definition) is 0. The molecular formula is C12H8F3N3O2. The molecule has 0 unspecified atom stereocenters. The summed E-state index contributed by atoms with van der Waals surface area (Å²) in [5.74, 6) is 0. The number of pyridine rings is 2. The van der Waals surface area contributed by atoms with E-state index in [1.807, 2.05) is 0 Å². The molecule has 2 rings (SSSR count). The van der Waals surface area contributed by atoms with Crippen LogP contribution in [0, 0.1) is 17.0 Å². The molecule has 0 saturated carbocycles. The first-order valence-corrected chi connectivity index (χ1v) is 5.43. The maximum Gasteiger partial charge on any atom is 0.433 e. The average molecular weight is 283 g/mol. The molecule has 0 N–H and O–H groups in total. The van der Waals surface area contributed by atoms with Gasteiger partial charge in [-0.3, -0.25) is 15.1 Å².